The molecule has 7 aromatic rings. The van der Waals surface area contributed by atoms with E-state index >= 15 is 0 Å². The number of esters is 1. The molecule has 0 amide bonds. The van der Waals surface area contributed by atoms with Crippen molar-refractivity contribution in [1.82, 2.24) is 4.57 Å². The second-order valence-corrected chi connectivity index (χ2v) is 11.1. The van der Waals surface area contributed by atoms with Gasteiger partial charge in [-0.15, -0.1) is 0 Å². The first-order valence-corrected chi connectivity index (χ1v) is 14.4. The molecule has 2 aromatic heterocycles. The number of carbonyl (C=O) groups excluding carboxylic acids is 2. The van der Waals surface area contributed by atoms with Crippen LogP contribution in [0.3, 0.4) is 0 Å². The van der Waals surface area contributed by atoms with Gasteiger partial charge >= 0.3 is 5.97 Å². The molecule has 0 aliphatic carbocycles. The number of rotatable bonds is 5. The number of nitrogens with zero attached hydrogens (tertiary/aromatic N) is 1. The quantitative estimate of drug-likeness (QED) is 0.0706. The highest BCUT2D eigenvalue weighted by Crippen LogP contribution is 2.40. The standard InChI is InChI=1S/C37H27NO4/c1-3-26(4-2)38-27(18-29-36(39)28-10-5-6-11-31(28)42-37(29)40)19-33-30(38)20-32(41-33)25-16-23-14-12-21-8-7-9-22-13-15-24(17-25)35(23)34(21)22/h5-20,26H,3-4H2,1-2H3/b29-18-. The van der Waals surface area contributed by atoms with Crippen molar-refractivity contribution < 1.29 is 18.7 Å². The molecule has 0 radical (unpaired) electrons. The fraction of sp³-hybridized carbons (Fsp3) is 0.135. The Morgan fingerprint density at radius 3 is 2.14 bits per heavy atom. The maximum atomic E-state index is 13.3. The number of hydrogen-bond donors (Lipinski definition) is 0. The van der Waals surface area contributed by atoms with E-state index in [1.54, 1.807) is 30.3 Å². The largest absolute Gasteiger partial charge is 0.454 e. The minimum atomic E-state index is -0.637. The zero-order valence-electron chi connectivity index (χ0n) is 23.3. The van der Waals surface area contributed by atoms with E-state index in [1.165, 1.54) is 32.3 Å². The number of furan rings is 1. The summed E-state index contributed by atoms with van der Waals surface area (Å²) in [6.45, 7) is 4.29. The Kier molecular flexibility index (Phi) is 5.38. The van der Waals surface area contributed by atoms with Gasteiger partial charge in [-0.25, -0.2) is 4.79 Å². The van der Waals surface area contributed by atoms with Gasteiger partial charge in [0.1, 0.15) is 17.1 Å². The van der Waals surface area contributed by atoms with Crippen LogP contribution in [-0.2, 0) is 4.79 Å². The highest BCUT2D eigenvalue weighted by Gasteiger charge is 2.31. The van der Waals surface area contributed by atoms with Crippen LogP contribution in [-0.4, -0.2) is 16.3 Å². The van der Waals surface area contributed by atoms with Crippen LogP contribution in [0.4, 0.5) is 0 Å². The van der Waals surface area contributed by atoms with Crippen LogP contribution in [0.5, 0.6) is 5.75 Å². The Morgan fingerprint density at radius 2 is 1.43 bits per heavy atom. The van der Waals surface area contributed by atoms with E-state index in [0.29, 0.717) is 16.9 Å². The highest BCUT2D eigenvalue weighted by molar-refractivity contribution is 6.30. The SMILES string of the molecule is CCC(CC)n1c(/C=C2\C(=O)Oc3ccccc3C2=O)cc2oc(-c3cc4ccc5cccc6ccc(c3)c4c56)cc21. The Morgan fingerprint density at radius 1 is 0.762 bits per heavy atom. The van der Waals surface area contributed by atoms with Gasteiger partial charge in [-0.05, 0) is 75.5 Å². The molecule has 5 nitrogen and oxygen atoms in total. The summed E-state index contributed by atoms with van der Waals surface area (Å²) in [6.07, 6.45) is 3.43. The summed E-state index contributed by atoms with van der Waals surface area (Å²) >= 11 is 0. The van der Waals surface area contributed by atoms with Gasteiger partial charge in [0.2, 0.25) is 5.78 Å². The molecule has 0 saturated carbocycles. The summed E-state index contributed by atoms with van der Waals surface area (Å²) in [5, 5.41) is 7.40. The lowest BCUT2D eigenvalue weighted by molar-refractivity contribution is -0.130. The van der Waals surface area contributed by atoms with Crippen molar-refractivity contribution in [3.63, 3.8) is 0 Å². The summed E-state index contributed by atoms with van der Waals surface area (Å²) in [6, 6.07) is 30.6. The normalized spacial score (nSPS) is 14.7. The average molecular weight is 550 g/mol. The van der Waals surface area contributed by atoms with Gasteiger partial charge in [0.15, 0.2) is 5.58 Å². The van der Waals surface area contributed by atoms with Crippen LogP contribution in [0.15, 0.2) is 101 Å². The molecule has 204 valence electrons. The molecule has 5 aromatic carbocycles. The van der Waals surface area contributed by atoms with Gasteiger partial charge in [0.25, 0.3) is 0 Å². The number of Topliss-reactive ketones (excluding diaryl/α,β-unsaturated/α-hetero) is 1. The third-order valence-corrected chi connectivity index (χ3v) is 8.70. The number of ketones is 1. The maximum Gasteiger partial charge on any atom is 0.347 e. The fourth-order valence-electron chi connectivity index (χ4n) is 6.65. The smallest absolute Gasteiger partial charge is 0.347 e. The molecule has 0 saturated heterocycles. The van der Waals surface area contributed by atoms with E-state index in [9.17, 15) is 9.59 Å². The third-order valence-electron chi connectivity index (χ3n) is 8.70. The molecule has 0 bridgehead atoms. The summed E-state index contributed by atoms with van der Waals surface area (Å²) in [4.78, 5) is 26.2. The Hall–Kier alpha value is -5.16. The van der Waals surface area contributed by atoms with Crippen molar-refractivity contribution in [3.05, 3.63) is 108 Å². The van der Waals surface area contributed by atoms with E-state index in [4.69, 9.17) is 9.15 Å². The van der Waals surface area contributed by atoms with Crippen LogP contribution in [0, 0.1) is 0 Å². The van der Waals surface area contributed by atoms with Crippen molar-refractivity contribution in [2.75, 3.05) is 0 Å². The first-order chi connectivity index (χ1) is 20.5. The molecule has 0 atom stereocenters. The molecular formula is C37H27NO4. The summed E-state index contributed by atoms with van der Waals surface area (Å²) < 4.78 is 14.2. The topological polar surface area (TPSA) is 61.4 Å². The van der Waals surface area contributed by atoms with Gasteiger partial charge in [0, 0.05) is 29.4 Å². The molecule has 5 heteroatoms. The van der Waals surface area contributed by atoms with Crippen LogP contribution in [0.1, 0.15) is 48.8 Å². The predicted octanol–water partition coefficient (Wildman–Crippen LogP) is 9.35. The molecule has 0 spiro atoms. The Bertz CT molecular complexity index is 2180. The van der Waals surface area contributed by atoms with Crippen LogP contribution < -0.4 is 4.74 Å². The number of benzene rings is 5. The van der Waals surface area contributed by atoms with Crippen LogP contribution in [0.25, 0.3) is 60.8 Å². The second-order valence-electron chi connectivity index (χ2n) is 11.1. The number of ether oxygens (including phenoxy) is 1. The van der Waals surface area contributed by atoms with Crippen molar-refractivity contribution >= 4 is 61.2 Å². The van der Waals surface area contributed by atoms with Crippen molar-refractivity contribution in [1.29, 1.82) is 0 Å². The highest BCUT2D eigenvalue weighted by atomic mass is 16.5. The lowest BCUT2D eigenvalue weighted by Gasteiger charge is -2.20. The van der Waals surface area contributed by atoms with Gasteiger partial charge < -0.3 is 13.7 Å². The van der Waals surface area contributed by atoms with Crippen molar-refractivity contribution in [3.8, 4) is 17.1 Å². The second kappa shape index (κ2) is 9.18. The van der Waals surface area contributed by atoms with E-state index < -0.39 is 5.97 Å². The third kappa shape index (κ3) is 3.56. The summed E-state index contributed by atoms with van der Waals surface area (Å²) in [7, 11) is 0. The molecule has 42 heavy (non-hydrogen) atoms. The first kappa shape index (κ1) is 24.6. The zero-order chi connectivity index (χ0) is 28.5. The number of aromatic nitrogens is 1. The minimum Gasteiger partial charge on any atom is -0.454 e. The Labute approximate surface area is 241 Å². The van der Waals surface area contributed by atoms with Gasteiger partial charge in [-0.1, -0.05) is 68.4 Å². The Balaban J connectivity index is 1.28. The van der Waals surface area contributed by atoms with E-state index in [-0.39, 0.29) is 17.4 Å². The summed E-state index contributed by atoms with van der Waals surface area (Å²) in [5.74, 6) is 0.117. The molecule has 3 heterocycles. The summed E-state index contributed by atoms with van der Waals surface area (Å²) in [5.41, 5.74) is 3.82. The van der Waals surface area contributed by atoms with Gasteiger partial charge in [-0.2, -0.15) is 0 Å². The van der Waals surface area contributed by atoms with Gasteiger partial charge in [0.05, 0.1) is 11.1 Å². The number of hydrogen-bond acceptors (Lipinski definition) is 4. The monoisotopic (exact) mass is 549 g/mol. The number of para-hydroxylation sites is 1. The number of fused-ring (bicyclic) bond motifs is 2. The van der Waals surface area contributed by atoms with Crippen LogP contribution >= 0.6 is 0 Å². The van der Waals surface area contributed by atoms with Crippen molar-refractivity contribution in [2.45, 2.75) is 32.7 Å². The molecule has 0 fully saturated rings. The molecule has 0 N–H and O–H groups in total. The minimum absolute atomic E-state index is 0.0216. The van der Waals surface area contributed by atoms with E-state index in [0.717, 1.165) is 35.4 Å². The molecular weight excluding hydrogens is 522 g/mol. The number of carbonyl (C=O) groups is 2. The van der Waals surface area contributed by atoms with Gasteiger partial charge in [-0.3, -0.25) is 4.79 Å². The maximum absolute atomic E-state index is 13.3. The fourth-order valence-corrected chi connectivity index (χ4v) is 6.65. The average Bonchev–Trinajstić information content (AvgIpc) is 3.57. The lowest BCUT2D eigenvalue weighted by atomic mass is 9.92. The zero-order valence-corrected chi connectivity index (χ0v) is 23.3. The molecule has 8 rings (SSSR count). The lowest BCUT2D eigenvalue weighted by Crippen LogP contribution is -2.25. The first-order valence-electron chi connectivity index (χ1n) is 14.4. The van der Waals surface area contributed by atoms with Crippen LogP contribution in [0.2, 0.25) is 0 Å². The molecule has 1 aliphatic rings. The van der Waals surface area contributed by atoms with E-state index in [1.807, 2.05) is 6.07 Å². The van der Waals surface area contributed by atoms with E-state index in [2.05, 4.69) is 79.1 Å². The van der Waals surface area contributed by atoms with Crippen molar-refractivity contribution in [2.24, 2.45) is 0 Å². The predicted molar refractivity (Wildman–Crippen MR) is 167 cm³/mol. The molecule has 1 aliphatic heterocycles. The molecule has 0 unspecified atom stereocenters.